The Morgan fingerprint density at radius 3 is 2.88 bits per heavy atom. The maximum absolute atomic E-state index is 9.91. The summed E-state index contributed by atoms with van der Waals surface area (Å²) in [6.45, 7) is 9.80. The lowest BCUT2D eigenvalue weighted by Gasteiger charge is -2.49. The van der Waals surface area contributed by atoms with Crippen LogP contribution in [0.2, 0.25) is 0 Å². The van der Waals surface area contributed by atoms with Crippen molar-refractivity contribution in [2.24, 2.45) is 5.41 Å². The van der Waals surface area contributed by atoms with Crippen LogP contribution in [0, 0.1) is 5.41 Å². The molecule has 17 heavy (non-hydrogen) atoms. The van der Waals surface area contributed by atoms with Gasteiger partial charge in [0, 0.05) is 19.1 Å². The van der Waals surface area contributed by atoms with Gasteiger partial charge in [-0.1, -0.05) is 20.8 Å². The number of morpholine rings is 1. The van der Waals surface area contributed by atoms with Gasteiger partial charge in [-0.2, -0.15) is 0 Å². The van der Waals surface area contributed by atoms with Crippen molar-refractivity contribution in [3.8, 4) is 0 Å². The number of ether oxygens (including phenoxy) is 1. The van der Waals surface area contributed by atoms with Crippen LogP contribution in [0.3, 0.4) is 0 Å². The van der Waals surface area contributed by atoms with Crippen LogP contribution in [0.1, 0.15) is 46.5 Å². The minimum atomic E-state index is -0.101. The number of hydrogen-bond donors (Lipinski definition) is 1. The first-order chi connectivity index (χ1) is 8.03. The quantitative estimate of drug-likeness (QED) is 0.803. The van der Waals surface area contributed by atoms with Crippen molar-refractivity contribution in [3.63, 3.8) is 0 Å². The summed E-state index contributed by atoms with van der Waals surface area (Å²) in [5.74, 6) is 0. The summed E-state index contributed by atoms with van der Waals surface area (Å²) >= 11 is 0. The zero-order valence-electron chi connectivity index (χ0n) is 11.5. The molecular weight excluding hydrogens is 214 g/mol. The van der Waals surface area contributed by atoms with E-state index in [9.17, 15) is 5.11 Å². The highest BCUT2D eigenvalue weighted by Gasteiger charge is 2.40. The van der Waals surface area contributed by atoms with E-state index in [1.54, 1.807) is 0 Å². The van der Waals surface area contributed by atoms with Gasteiger partial charge < -0.3 is 9.84 Å². The first-order valence-corrected chi connectivity index (χ1v) is 7.06. The minimum absolute atomic E-state index is 0.101. The minimum Gasteiger partial charge on any atom is -0.393 e. The molecule has 2 rings (SSSR count). The molecule has 0 radical (unpaired) electrons. The van der Waals surface area contributed by atoms with Gasteiger partial charge in [-0.3, -0.25) is 4.90 Å². The highest BCUT2D eigenvalue weighted by Crippen LogP contribution is 2.39. The Morgan fingerprint density at radius 2 is 2.18 bits per heavy atom. The molecule has 100 valence electrons. The first kappa shape index (κ1) is 13.3. The average molecular weight is 241 g/mol. The molecule has 3 unspecified atom stereocenters. The van der Waals surface area contributed by atoms with Gasteiger partial charge >= 0.3 is 0 Å². The third-order valence-electron chi connectivity index (χ3n) is 4.59. The molecular formula is C14H27NO2. The van der Waals surface area contributed by atoms with Crippen molar-refractivity contribution >= 4 is 0 Å². The Balaban J connectivity index is 2.03. The van der Waals surface area contributed by atoms with Crippen LogP contribution in [0.4, 0.5) is 0 Å². The van der Waals surface area contributed by atoms with Crippen LogP contribution in [0.25, 0.3) is 0 Å². The fourth-order valence-corrected chi connectivity index (χ4v) is 3.32. The van der Waals surface area contributed by atoms with Crippen molar-refractivity contribution < 1.29 is 9.84 Å². The van der Waals surface area contributed by atoms with E-state index in [4.69, 9.17) is 4.74 Å². The molecule has 1 aliphatic heterocycles. The molecule has 0 aromatic heterocycles. The Kier molecular flexibility index (Phi) is 4.11. The van der Waals surface area contributed by atoms with E-state index in [0.717, 1.165) is 45.4 Å². The average Bonchev–Trinajstić information content (AvgIpc) is 2.32. The lowest BCUT2D eigenvalue weighted by atomic mass is 9.71. The first-order valence-electron chi connectivity index (χ1n) is 7.06. The molecule has 2 aliphatic rings. The number of aliphatic hydroxyl groups is 1. The fourth-order valence-electron chi connectivity index (χ4n) is 3.32. The molecule has 3 atom stereocenters. The van der Waals surface area contributed by atoms with Crippen LogP contribution < -0.4 is 0 Å². The number of rotatable bonds is 2. The van der Waals surface area contributed by atoms with Crippen LogP contribution in [-0.4, -0.2) is 48.0 Å². The van der Waals surface area contributed by atoms with Gasteiger partial charge in [0.05, 0.1) is 18.8 Å². The number of nitrogens with zero attached hydrogens (tertiary/aromatic N) is 1. The Morgan fingerprint density at radius 1 is 1.41 bits per heavy atom. The summed E-state index contributed by atoms with van der Waals surface area (Å²) < 4.78 is 5.74. The van der Waals surface area contributed by atoms with E-state index in [2.05, 4.69) is 25.7 Å². The van der Waals surface area contributed by atoms with E-state index in [0.29, 0.717) is 17.6 Å². The Bertz CT molecular complexity index is 255. The zero-order valence-corrected chi connectivity index (χ0v) is 11.5. The van der Waals surface area contributed by atoms with Gasteiger partial charge in [-0.15, -0.1) is 0 Å². The van der Waals surface area contributed by atoms with Gasteiger partial charge in [0.1, 0.15) is 0 Å². The lowest BCUT2D eigenvalue weighted by Crippen LogP contribution is -2.55. The van der Waals surface area contributed by atoms with Crippen LogP contribution >= 0.6 is 0 Å². The van der Waals surface area contributed by atoms with Gasteiger partial charge in [0.2, 0.25) is 0 Å². The normalized spacial score (nSPS) is 39.2. The summed E-state index contributed by atoms with van der Waals surface area (Å²) in [4.78, 5) is 2.56. The SMILES string of the molecule is CCC1CN(C2CC(O)CCC2(C)C)CCO1. The van der Waals surface area contributed by atoms with Crippen LogP contribution in [-0.2, 0) is 4.74 Å². The predicted octanol–water partition coefficient (Wildman–Crippen LogP) is 2.04. The summed E-state index contributed by atoms with van der Waals surface area (Å²) in [5.41, 5.74) is 0.328. The molecule has 0 spiro atoms. The number of hydrogen-bond acceptors (Lipinski definition) is 3. The van der Waals surface area contributed by atoms with Crippen LogP contribution in [0.5, 0.6) is 0 Å². The Hall–Kier alpha value is -0.120. The molecule has 2 fully saturated rings. The molecule has 1 saturated heterocycles. The summed E-state index contributed by atoms with van der Waals surface area (Å²) in [6, 6.07) is 0.518. The monoisotopic (exact) mass is 241 g/mol. The van der Waals surface area contributed by atoms with Crippen molar-refractivity contribution in [3.05, 3.63) is 0 Å². The van der Waals surface area contributed by atoms with Gasteiger partial charge in [0.15, 0.2) is 0 Å². The smallest absolute Gasteiger partial charge is 0.0700 e. The topological polar surface area (TPSA) is 32.7 Å². The highest BCUT2D eigenvalue weighted by molar-refractivity contribution is 4.94. The van der Waals surface area contributed by atoms with Gasteiger partial charge in [-0.25, -0.2) is 0 Å². The second-order valence-electron chi connectivity index (χ2n) is 6.33. The summed E-state index contributed by atoms with van der Waals surface area (Å²) in [5, 5.41) is 9.91. The molecule has 0 aromatic rings. The third-order valence-corrected chi connectivity index (χ3v) is 4.59. The molecule has 1 heterocycles. The van der Waals surface area contributed by atoms with E-state index < -0.39 is 0 Å². The molecule has 0 aromatic carbocycles. The molecule has 1 saturated carbocycles. The van der Waals surface area contributed by atoms with E-state index in [-0.39, 0.29) is 6.10 Å². The molecule has 1 N–H and O–H groups in total. The molecule has 0 bridgehead atoms. The zero-order chi connectivity index (χ0) is 12.5. The molecule has 3 heteroatoms. The maximum atomic E-state index is 9.91. The van der Waals surface area contributed by atoms with E-state index in [1.165, 1.54) is 0 Å². The predicted molar refractivity (Wildman–Crippen MR) is 69.0 cm³/mol. The standard InChI is InChI=1S/C14H27NO2/c1-4-12-10-15(7-8-17-12)13-9-11(16)5-6-14(13,2)3/h11-13,16H,4-10H2,1-3H3. The lowest BCUT2D eigenvalue weighted by molar-refractivity contribution is -0.0861. The summed E-state index contributed by atoms with van der Waals surface area (Å²) in [7, 11) is 0. The van der Waals surface area contributed by atoms with Crippen molar-refractivity contribution in [2.45, 2.75) is 64.7 Å². The van der Waals surface area contributed by atoms with Gasteiger partial charge in [0.25, 0.3) is 0 Å². The molecule has 3 nitrogen and oxygen atoms in total. The second-order valence-corrected chi connectivity index (χ2v) is 6.33. The fraction of sp³-hybridized carbons (Fsp3) is 1.00. The molecule has 0 amide bonds. The largest absolute Gasteiger partial charge is 0.393 e. The number of aliphatic hydroxyl groups excluding tert-OH is 1. The highest BCUT2D eigenvalue weighted by atomic mass is 16.5. The Labute approximate surface area is 105 Å². The van der Waals surface area contributed by atoms with Crippen molar-refractivity contribution in [2.75, 3.05) is 19.7 Å². The van der Waals surface area contributed by atoms with E-state index >= 15 is 0 Å². The van der Waals surface area contributed by atoms with Crippen LogP contribution in [0.15, 0.2) is 0 Å². The van der Waals surface area contributed by atoms with Crippen molar-refractivity contribution in [1.82, 2.24) is 4.90 Å². The maximum Gasteiger partial charge on any atom is 0.0700 e. The second kappa shape index (κ2) is 5.25. The van der Waals surface area contributed by atoms with Crippen molar-refractivity contribution in [1.29, 1.82) is 0 Å². The molecule has 1 aliphatic carbocycles. The third kappa shape index (κ3) is 3.01. The van der Waals surface area contributed by atoms with E-state index in [1.807, 2.05) is 0 Å². The summed E-state index contributed by atoms with van der Waals surface area (Å²) in [6.07, 6.45) is 4.41. The van der Waals surface area contributed by atoms with Gasteiger partial charge in [-0.05, 0) is 31.1 Å².